The number of carbonyl (C=O) groups is 23. The van der Waals surface area contributed by atoms with Gasteiger partial charge in [-0.2, -0.15) is 0 Å². The number of hydrogen-bond acceptors (Lipinski definition) is 30. The van der Waals surface area contributed by atoms with E-state index in [1.165, 1.54) is 90.2 Å². The average molecular weight is 1680 g/mol. The Kier molecular flexibility index (Phi) is 54.0. The maximum absolute atomic E-state index is 11.0. The quantitative estimate of drug-likeness (QED) is 0.0247. The zero-order valence-corrected chi connectivity index (χ0v) is 71.8. The van der Waals surface area contributed by atoms with Crippen LogP contribution in [-0.2, 0) is 129 Å². The smallest absolute Gasteiger partial charge is 0.330 e. The number of Topliss-reactive ketones (excluding diaryl/α,β-unsaturated/α-hetero) is 12. The number of esters is 1. The van der Waals surface area contributed by atoms with Crippen molar-refractivity contribution in [2.24, 2.45) is 17.8 Å². The third kappa shape index (κ3) is 53.0. The van der Waals surface area contributed by atoms with Crippen LogP contribution in [0.25, 0.3) is 0 Å². The number of ketones is 12. The molecule has 3 aliphatic heterocycles. The van der Waals surface area contributed by atoms with Gasteiger partial charge >= 0.3 is 5.97 Å². The molecule has 666 valence electrons. The molecule has 8 fully saturated rings. The molecule has 2 bridgehead atoms. The Morgan fingerprint density at radius 3 is 1.14 bits per heavy atom. The molecule has 8 rings (SSSR count). The molecule has 1 unspecified atom stereocenters. The van der Waals surface area contributed by atoms with Crippen LogP contribution in [0.5, 0.6) is 0 Å². The Morgan fingerprint density at radius 1 is 0.475 bits per heavy atom. The van der Waals surface area contributed by atoms with E-state index in [2.05, 4.69) is 63.8 Å². The molecule has 3 heterocycles. The molecule has 3 saturated heterocycles. The molecule has 8 aliphatic rings. The van der Waals surface area contributed by atoms with Crippen LogP contribution in [0.2, 0.25) is 0 Å². The predicted octanol–water partition coefficient (Wildman–Crippen LogP) is -2.92. The Labute approximate surface area is 687 Å². The molecule has 10 amide bonds. The van der Waals surface area contributed by atoms with Crippen LogP contribution in [0.15, 0.2) is 0 Å². The van der Waals surface area contributed by atoms with Gasteiger partial charge in [0.2, 0.25) is 57.8 Å². The number of carbonyl (C=O) groups excluding carboxylic acids is 23. The second-order valence-corrected chi connectivity index (χ2v) is 31.2. The van der Waals surface area contributed by atoms with Crippen LogP contribution in [0, 0.1) is 30.1 Å². The highest BCUT2D eigenvalue weighted by molar-refractivity contribution is 6.39. The summed E-state index contributed by atoms with van der Waals surface area (Å²) < 4.78 is 19.2. The summed E-state index contributed by atoms with van der Waals surface area (Å²) in [4.78, 5) is 244. The van der Waals surface area contributed by atoms with Crippen molar-refractivity contribution in [1.82, 2.24) is 53.2 Å². The number of terminal acetylenes is 1. The molecule has 5 aliphatic carbocycles. The Balaban J connectivity index is -0.000000607. The first kappa shape index (κ1) is 114. The van der Waals surface area contributed by atoms with Crippen LogP contribution in [-0.4, -0.2) is 274 Å². The van der Waals surface area contributed by atoms with Crippen molar-refractivity contribution in [3.8, 4) is 12.3 Å². The Morgan fingerprint density at radius 2 is 0.864 bits per heavy atom. The van der Waals surface area contributed by atoms with Crippen LogP contribution < -0.4 is 53.2 Å². The van der Waals surface area contributed by atoms with E-state index < -0.39 is 128 Å². The van der Waals surface area contributed by atoms with E-state index in [9.17, 15) is 110 Å². The van der Waals surface area contributed by atoms with Gasteiger partial charge in [0, 0.05) is 131 Å². The Hall–Kier alpha value is -10.5. The molecular weight excluding hydrogens is 1560 g/mol. The molecule has 0 aromatic carbocycles. The van der Waals surface area contributed by atoms with E-state index in [0.717, 1.165) is 51.4 Å². The number of ether oxygens (including phenoxy) is 4. The van der Waals surface area contributed by atoms with Crippen molar-refractivity contribution < 1.29 is 145 Å². The molecule has 13 N–H and O–H groups in total. The lowest BCUT2D eigenvalue weighted by atomic mass is 9.50. The minimum Gasteiger partial charge on any atom is -0.467 e. The molecule has 1 atom stereocenters. The molecule has 0 radical (unpaired) electrons. The number of amides is 10. The summed E-state index contributed by atoms with van der Waals surface area (Å²) >= 11 is 0. The van der Waals surface area contributed by atoms with Crippen molar-refractivity contribution in [3.63, 3.8) is 0 Å². The second kappa shape index (κ2) is 56.0. The van der Waals surface area contributed by atoms with Crippen molar-refractivity contribution in [2.75, 3.05) is 66.5 Å². The first-order valence-corrected chi connectivity index (χ1v) is 37.4. The Bertz CT molecular complexity index is 3500. The van der Waals surface area contributed by atoms with Gasteiger partial charge in [0.1, 0.15) is 5.54 Å². The fourth-order valence-corrected chi connectivity index (χ4v) is 8.99. The third-order valence-electron chi connectivity index (χ3n) is 16.2. The first-order valence-electron chi connectivity index (χ1n) is 37.4. The van der Waals surface area contributed by atoms with Crippen molar-refractivity contribution in [1.29, 1.82) is 0 Å². The fourth-order valence-electron chi connectivity index (χ4n) is 8.99. The van der Waals surface area contributed by atoms with Gasteiger partial charge in [0.05, 0.1) is 76.5 Å². The highest BCUT2D eigenvalue weighted by atomic mass is 16.5. The molecule has 0 spiro atoms. The zero-order valence-electron chi connectivity index (χ0n) is 71.8. The topological polar surface area (TPSA) is 611 Å². The molecule has 118 heavy (non-hydrogen) atoms. The fraction of sp³-hybridized carbons (Fsp3) is 0.679. The molecular formula is C78H124N10O30. The van der Waals surface area contributed by atoms with Gasteiger partial charge < -0.3 is 87.4 Å². The first-order chi connectivity index (χ1) is 54.0. The number of nitrogens with one attached hydrogen (secondary N) is 10. The highest BCUT2D eigenvalue weighted by Crippen LogP contribution is 2.56. The van der Waals surface area contributed by atoms with Gasteiger partial charge in [0.15, 0.2) is 11.6 Å². The van der Waals surface area contributed by atoms with Crippen LogP contribution >= 0.6 is 0 Å². The highest BCUT2D eigenvalue weighted by Gasteiger charge is 2.57. The molecule has 5 saturated carbocycles. The lowest BCUT2D eigenvalue weighted by Gasteiger charge is -2.61. The summed E-state index contributed by atoms with van der Waals surface area (Å²) in [6.07, 6.45) is 11.7. The van der Waals surface area contributed by atoms with Gasteiger partial charge in [-0.1, -0.05) is 5.92 Å². The molecule has 40 nitrogen and oxygen atoms in total. The summed E-state index contributed by atoms with van der Waals surface area (Å²) in [7, 11) is 1.21. The van der Waals surface area contributed by atoms with Gasteiger partial charge in [-0.15, -0.1) is 6.42 Å². The van der Waals surface area contributed by atoms with E-state index >= 15 is 0 Å². The maximum atomic E-state index is 11.0. The van der Waals surface area contributed by atoms with Crippen LogP contribution in [0.3, 0.4) is 0 Å². The zero-order chi connectivity index (χ0) is 92.7. The molecule has 40 heteroatoms. The summed E-state index contributed by atoms with van der Waals surface area (Å²) in [5.41, 5.74) is -2.47. The van der Waals surface area contributed by atoms with Crippen molar-refractivity contribution in [3.05, 3.63) is 0 Å². The van der Waals surface area contributed by atoms with Crippen LogP contribution in [0.4, 0.5) is 0 Å². The monoisotopic (exact) mass is 1680 g/mol. The number of aliphatic hydroxyl groups excluding tert-OH is 3. The second-order valence-electron chi connectivity index (χ2n) is 31.2. The van der Waals surface area contributed by atoms with E-state index in [4.69, 9.17) is 36.0 Å². The van der Waals surface area contributed by atoms with Gasteiger partial charge in [-0.25, -0.2) is 4.79 Å². The number of rotatable bonds is 25. The number of aliphatic hydroxyl groups is 3. The van der Waals surface area contributed by atoms with E-state index in [-0.39, 0.29) is 84.0 Å². The van der Waals surface area contributed by atoms with Crippen molar-refractivity contribution >= 4 is 134 Å². The molecule has 0 aromatic heterocycles. The lowest BCUT2D eigenvalue weighted by Crippen LogP contribution is -2.68. The summed E-state index contributed by atoms with van der Waals surface area (Å²) in [6.45, 7) is 34.3. The number of hydrogen-bond donors (Lipinski definition) is 13. The standard InChI is InChI=1S/C8H13NO4.C8H13NO3.C8H11NO2.3C7H11NO3.C7H13NO3.C7H13NO2.C7H10O3.C6H11NO2.C6H7NO2/c1-5(10)6(11)9-8(2,3)7(12)13-4;1-5(11)8(12)9-7-2-6(3-7)4-10;1-5(10)7(11)9-8-2-6(3-8)4-8;1-5(9)6(10)8-7(2)3-11-4-7;1-4(9)7(11)8-5-2-6(10)3-5;1-5(9)7(10)8-6-2-3-11-4-6;1-5(10)6(11)8-7(2,3)4-9;1-5(9)6(10)8-7(2,3)4;1-5(8)7(9)2-6-3-10-4-6;1-4(2)7-6(9)5(3)8;1-3-4-7-6(9)5(2)8/h1-4H3,(H,9,11);6-7,10H,2-4H2,1H3,(H,9,12);6H,2-4H2,1H3,(H,9,11);3-4H2,1-2H3,(H,8,10);5-6,10H,2-3H2,1H3,(H,8,11);6H,2-4H2,1H3,(H,8,10);9H,4H2,1-3H3,(H,8,11);1-4H3,(H,8,10);6H,2-4H2,1H3;4H,1-3H3,(H,7,9);1H,4H2,2H3,(H,7,9). The minimum atomic E-state index is -1.17. The molecule has 0 aromatic rings. The predicted molar refractivity (Wildman–Crippen MR) is 420 cm³/mol. The van der Waals surface area contributed by atoms with Gasteiger partial charge in [0.25, 0.3) is 59.1 Å². The SMILES string of the molecule is C#CCNC(=O)C(C)=O.CC(=O)C(=O)CC1COC1.CC(=O)C(=O)NC(C)(C)C.CC(=O)C(=O)NC(C)(C)CO.CC(=O)C(=O)NC(C)C.CC(=O)C(=O)NC1(C)COC1.CC(=O)C(=O)NC12CC(C1)C2.CC(=O)C(=O)NC1CC(CO)C1.CC(=O)C(=O)NC1CC(O)C1.CC(=O)C(=O)NC1CCOC1.COC(=O)C(C)(C)NC(=O)C(C)=O. The number of methoxy groups -OCH3 is 1. The van der Waals surface area contributed by atoms with E-state index in [1.807, 2.05) is 27.7 Å². The largest absolute Gasteiger partial charge is 0.467 e. The van der Waals surface area contributed by atoms with Gasteiger partial charge in [-0.05, 0) is 132 Å². The van der Waals surface area contributed by atoms with Gasteiger partial charge in [-0.3, -0.25) is 105 Å². The van der Waals surface area contributed by atoms with Crippen LogP contribution in [0.1, 0.15) is 203 Å². The minimum absolute atomic E-state index is 0.00130. The summed E-state index contributed by atoms with van der Waals surface area (Å²) in [5, 5.41) is 51.0. The normalized spacial score (nSPS) is 19.0. The van der Waals surface area contributed by atoms with Crippen molar-refractivity contribution in [2.45, 2.75) is 261 Å². The van der Waals surface area contributed by atoms with E-state index in [1.54, 1.807) is 27.7 Å². The maximum Gasteiger partial charge on any atom is 0.330 e. The summed E-state index contributed by atoms with van der Waals surface area (Å²) in [5.74, 6) is -8.07. The summed E-state index contributed by atoms with van der Waals surface area (Å²) in [6, 6.07) is 0.174. The average Bonchev–Trinajstić information content (AvgIpc) is 0.769. The van der Waals surface area contributed by atoms with E-state index in [0.29, 0.717) is 70.7 Å². The lowest BCUT2D eigenvalue weighted by molar-refractivity contribution is -0.150. The third-order valence-corrected chi connectivity index (χ3v) is 16.2.